The van der Waals surface area contributed by atoms with Crippen LogP contribution in [0.15, 0.2) is 71.6 Å². The number of ether oxygens (including phenoxy) is 1. The van der Waals surface area contributed by atoms with Crippen LogP contribution >= 0.6 is 0 Å². The second-order valence-electron chi connectivity index (χ2n) is 9.32. The molecule has 5 nitrogen and oxygen atoms in total. The van der Waals surface area contributed by atoms with Gasteiger partial charge in [0.15, 0.2) is 0 Å². The minimum absolute atomic E-state index is 0.444. The zero-order chi connectivity index (χ0) is 25.5. The Kier molecular flexibility index (Phi) is 8.56. The molecule has 2 aliphatic rings. The van der Waals surface area contributed by atoms with Crippen LogP contribution in [-0.4, -0.2) is 35.2 Å². The van der Waals surface area contributed by atoms with Crippen molar-refractivity contribution in [1.82, 2.24) is 15.2 Å². The maximum Gasteiger partial charge on any atom is 0.146 e. The molecule has 36 heavy (non-hydrogen) atoms. The summed E-state index contributed by atoms with van der Waals surface area (Å²) in [4.78, 5) is 7.16. The summed E-state index contributed by atoms with van der Waals surface area (Å²) >= 11 is 0. The predicted octanol–water partition coefficient (Wildman–Crippen LogP) is 6.81. The van der Waals surface area contributed by atoms with E-state index in [1.165, 1.54) is 0 Å². The number of allylic oxidation sites excluding steroid dienone is 5. The number of pyridine rings is 1. The fourth-order valence-corrected chi connectivity index (χ4v) is 4.56. The molecule has 6 heteroatoms. The Morgan fingerprint density at radius 1 is 1.22 bits per heavy atom. The van der Waals surface area contributed by atoms with Crippen LogP contribution in [0.2, 0.25) is 0 Å². The van der Waals surface area contributed by atoms with Crippen LogP contribution in [0.3, 0.4) is 0 Å². The second-order valence-corrected chi connectivity index (χ2v) is 9.32. The van der Waals surface area contributed by atoms with Gasteiger partial charge in [0.05, 0.1) is 17.0 Å². The zero-order valence-electron chi connectivity index (χ0n) is 21.4. The zero-order valence-corrected chi connectivity index (χ0v) is 21.4. The van der Waals surface area contributed by atoms with Gasteiger partial charge in [-0.1, -0.05) is 44.5 Å². The summed E-state index contributed by atoms with van der Waals surface area (Å²) in [6, 6.07) is 12.1. The van der Waals surface area contributed by atoms with Crippen LogP contribution in [0.4, 0.5) is 4.39 Å². The molecule has 0 bridgehead atoms. The molecule has 0 amide bonds. The number of benzene rings is 1. The summed E-state index contributed by atoms with van der Waals surface area (Å²) < 4.78 is 21.0. The van der Waals surface area contributed by atoms with E-state index >= 15 is 0 Å². The van der Waals surface area contributed by atoms with Gasteiger partial charge in [-0.05, 0) is 75.6 Å². The third kappa shape index (κ3) is 5.68. The summed E-state index contributed by atoms with van der Waals surface area (Å²) in [5.41, 5.74) is 5.24. The first-order valence-electron chi connectivity index (χ1n) is 13.0. The normalized spacial score (nSPS) is 22.1. The van der Waals surface area contributed by atoms with E-state index in [1.54, 1.807) is 0 Å². The molecule has 2 unspecified atom stereocenters. The Morgan fingerprint density at radius 3 is 2.83 bits per heavy atom. The number of hydrogen-bond acceptors (Lipinski definition) is 5. The fraction of sp³-hybridized carbons (Fsp3) is 0.400. The molecule has 0 saturated carbocycles. The van der Waals surface area contributed by atoms with E-state index in [0.29, 0.717) is 30.7 Å². The number of nitrogens with one attached hydrogen (secondary N) is 1. The number of para-hydroxylation sites is 1. The quantitative estimate of drug-likeness (QED) is 0.466. The topological polar surface area (TPSA) is 61.2 Å². The van der Waals surface area contributed by atoms with Crippen molar-refractivity contribution in [2.45, 2.75) is 65.2 Å². The molecule has 1 saturated heterocycles. The lowest BCUT2D eigenvalue weighted by Gasteiger charge is -2.29. The van der Waals surface area contributed by atoms with Gasteiger partial charge >= 0.3 is 0 Å². The first-order valence-corrected chi connectivity index (χ1v) is 13.0. The number of alkyl halides is 1. The molecule has 0 spiro atoms. The third-order valence-corrected chi connectivity index (χ3v) is 6.74. The average Bonchev–Trinajstić information content (AvgIpc) is 3.11. The minimum atomic E-state index is -1.02. The van der Waals surface area contributed by atoms with Gasteiger partial charge in [-0.25, -0.2) is 9.37 Å². The van der Waals surface area contributed by atoms with E-state index in [-0.39, 0.29) is 0 Å². The Bertz CT molecular complexity index is 1250. The van der Waals surface area contributed by atoms with Crippen molar-refractivity contribution in [2.24, 2.45) is 0 Å². The lowest BCUT2D eigenvalue weighted by molar-refractivity contribution is 0.0983. The van der Waals surface area contributed by atoms with Crippen LogP contribution in [0.25, 0.3) is 16.6 Å². The number of unbranched alkanes of at least 4 members (excludes halogenated alkanes) is 1. The highest BCUT2D eigenvalue weighted by Crippen LogP contribution is 2.34. The molecule has 1 aromatic carbocycles. The van der Waals surface area contributed by atoms with Crippen LogP contribution in [0.1, 0.15) is 58.6 Å². The number of nitrogens with zero attached hydrogens (tertiary/aromatic N) is 3. The van der Waals surface area contributed by atoms with Gasteiger partial charge in [0.25, 0.3) is 0 Å². The van der Waals surface area contributed by atoms with E-state index < -0.39 is 12.3 Å². The highest BCUT2D eigenvalue weighted by Gasteiger charge is 2.26. The SMILES string of the molecule is CCCC=C1C=CC(C#N)=CN1C(=C(C)CC)c1ccc2cccc(OC3CCNCCC3F)c2n1. The standard InChI is InChI=1S/C30H35FN4O/c1-4-6-9-24-13-11-22(19-32)20-35(24)30(21(3)5-2)26-14-12-23-8-7-10-28(29(23)34-26)36-27-16-18-33-17-15-25(27)31/h7-14,20,25,27,33H,4-6,15-18H2,1-3H3. The van der Waals surface area contributed by atoms with Gasteiger partial charge in [0.1, 0.15) is 29.6 Å². The Hall–Kier alpha value is -3.43. The monoisotopic (exact) mass is 486 g/mol. The van der Waals surface area contributed by atoms with Gasteiger partial charge in [-0.15, -0.1) is 0 Å². The first kappa shape index (κ1) is 25.7. The van der Waals surface area contributed by atoms with Crippen molar-refractivity contribution in [3.8, 4) is 11.8 Å². The maximum absolute atomic E-state index is 14.8. The predicted molar refractivity (Wildman–Crippen MR) is 144 cm³/mol. The first-order chi connectivity index (χ1) is 17.5. The van der Waals surface area contributed by atoms with Gasteiger partial charge in [0.2, 0.25) is 0 Å². The molecule has 3 heterocycles. The van der Waals surface area contributed by atoms with E-state index in [2.05, 4.69) is 43.1 Å². The molecule has 188 valence electrons. The number of nitriles is 1. The Morgan fingerprint density at radius 2 is 2.06 bits per heavy atom. The minimum Gasteiger partial charge on any atom is -0.485 e. The molecular weight excluding hydrogens is 451 g/mol. The van der Waals surface area contributed by atoms with E-state index in [0.717, 1.165) is 59.4 Å². The van der Waals surface area contributed by atoms with Crippen molar-refractivity contribution in [3.05, 3.63) is 77.3 Å². The van der Waals surface area contributed by atoms with Crippen molar-refractivity contribution >= 4 is 16.6 Å². The lowest BCUT2D eigenvalue weighted by Crippen LogP contribution is -2.28. The summed E-state index contributed by atoms with van der Waals surface area (Å²) in [6.45, 7) is 7.78. The van der Waals surface area contributed by atoms with Crippen LogP contribution in [0, 0.1) is 11.3 Å². The van der Waals surface area contributed by atoms with Crippen LogP contribution in [0.5, 0.6) is 5.75 Å². The molecule has 2 aromatic rings. The van der Waals surface area contributed by atoms with Gasteiger partial charge in [0, 0.05) is 17.3 Å². The van der Waals surface area contributed by atoms with Crippen molar-refractivity contribution in [3.63, 3.8) is 0 Å². The molecule has 1 N–H and O–H groups in total. The Balaban J connectivity index is 1.80. The molecule has 0 aliphatic carbocycles. The molecular formula is C30H35FN4O. The van der Waals surface area contributed by atoms with Gasteiger partial charge in [-0.2, -0.15) is 5.26 Å². The van der Waals surface area contributed by atoms with Crippen molar-refractivity contribution in [1.29, 1.82) is 5.26 Å². The summed E-state index contributed by atoms with van der Waals surface area (Å²) in [6.07, 6.45) is 10.3. The number of aromatic nitrogens is 1. The van der Waals surface area contributed by atoms with Crippen LogP contribution in [-0.2, 0) is 0 Å². The lowest BCUT2D eigenvalue weighted by atomic mass is 10.0. The molecule has 1 aromatic heterocycles. The maximum atomic E-state index is 14.8. The molecule has 2 aliphatic heterocycles. The number of halogens is 1. The smallest absolute Gasteiger partial charge is 0.146 e. The largest absolute Gasteiger partial charge is 0.485 e. The highest BCUT2D eigenvalue weighted by molar-refractivity contribution is 5.86. The average molecular weight is 487 g/mol. The Labute approximate surface area is 213 Å². The molecule has 4 rings (SSSR count). The third-order valence-electron chi connectivity index (χ3n) is 6.74. The van der Waals surface area contributed by atoms with Crippen molar-refractivity contribution < 1.29 is 9.13 Å². The van der Waals surface area contributed by atoms with E-state index in [4.69, 9.17) is 9.72 Å². The number of hydrogen-bond donors (Lipinski definition) is 1. The van der Waals surface area contributed by atoms with E-state index in [1.807, 2.05) is 48.7 Å². The highest BCUT2D eigenvalue weighted by atomic mass is 19.1. The molecule has 1 fully saturated rings. The van der Waals surface area contributed by atoms with Gasteiger partial charge < -0.3 is 15.0 Å². The summed E-state index contributed by atoms with van der Waals surface area (Å²) in [5, 5.41) is 13.8. The summed E-state index contributed by atoms with van der Waals surface area (Å²) in [5.74, 6) is 0.603. The molecule has 0 radical (unpaired) electrons. The van der Waals surface area contributed by atoms with Gasteiger partial charge in [-0.3, -0.25) is 0 Å². The van der Waals surface area contributed by atoms with Crippen LogP contribution < -0.4 is 10.1 Å². The number of fused-ring (bicyclic) bond motifs is 1. The number of rotatable bonds is 7. The van der Waals surface area contributed by atoms with E-state index in [9.17, 15) is 9.65 Å². The summed E-state index contributed by atoms with van der Waals surface area (Å²) in [7, 11) is 0. The van der Waals surface area contributed by atoms with Crippen molar-refractivity contribution in [2.75, 3.05) is 13.1 Å². The molecule has 2 atom stereocenters. The second kappa shape index (κ2) is 12.0. The fourth-order valence-electron chi connectivity index (χ4n) is 4.56.